The second-order valence-electron chi connectivity index (χ2n) is 4.35. The van der Waals surface area contributed by atoms with Crippen LogP contribution in [-0.4, -0.2) is 17.0 Å². The molecule has 1 atom stereocenters. The van der Waals surface area contributed by atoms with E-state index in [2.05, 4.69) is 15.3 Å². The lowest BCUT2D eigenvalue weighted by Crippen LogP contribution is -2.20. The van der Waals surface area contributed by atoms with Gasteiger partial charge in [0.2, 0.25) is 0 Å². The lowest BCUT2D eigenvalue weighted by molar-refractivity contribution is 0.553. The molecule has 0 amide bonds. The Hall–Kier alpha value is -1.88. The van der Waals surface area contributed by atoms with Crippen molar-refractivity contribution in [3.05, 3.63) is 59.2 Å². The number of benzene rings is 1. The summed E-state index contributed by atoms with van der Waals surface area (Å²) in [5.74, 6) is -0.462. The van der Waals surface area contributed by atoms with Crippen LogP contribution in [0.1, 0.15) is 23.1 Å². The van der Waals surface area contributed by atoms with Crippen molar-refractivity contribution in [3.8, 4) is 0 Å². The molecule has 100 valence electrons. The van der Waals surface area contributed by atoms with Gasteiger partial charge in [-0.2, -0.15) is 0 Å². The largest absolute Gasteiger partial charge is 0.311 e. The summed E-state index contributed by atoms with van der Waals surface area (Å²) in [6.45, 7) is 1.80. The average Bonchev–Trinajstić information content (AvgIpc) is 2.34. The smallest absolute Gasteiger partial charge is 0.126 e. The minimum absolute atomic E-state index is 0.108. The molecule has 0 aliphatic rings. The van der Waals surface area contributed by atoms with Gasteiger partial charge in [-0.3, -0.25) is 0 Å². The molecule has 3 nitrogen and oxygen atoms in total. The molecule has 1 N–H and O–H groups in total. The fourth-order valence-corrected chi connectivity index (χ4v) is 1.99. The van der Waals surface area contributed by atoms with Gasteiger partial charge in [0, 0.05) is 12.3 Å². The molecule has 0 saturated heterocycles. The van der Waals surface area contributed by atoms with Crippen molar-refractivity contribution in [1.29, 1.82) is 0 Å². The SMILES string of the molecule is CNC(Cc1cc(F)cc(F)c1)c1ccnc(C)n1. The molecule has 0 aliphatic carbocycles. The van der Waals surface area contributed by atoms with E-state index in [0.29, 0.717) is 17.8 Å². The highest BCUT2D eigenvalue weighted by molar-refractivity contribution is 5.21. The summed E-state index contributed by atoms with van der Waals surface area (Å²) in [7, 11) is 1.79. The van der Waals surface area contributed by atoms with Gasteiger partial charge in [0.15, 0.2) is 0 Å². The number of aryl methyl sites for hydroxylation is 1. The summed E-state index contributed by atoms with van der Waals surface area (Å²) in [5, 5.41) is 3.10. The molecule has 5 heteroatoms. The van der Waals surface area contributed by atoms with Gasteiger partial charge in [-0.25, -0.2) is 18.7 Å². The summed E-state index contributed by atoms with van der Waals surface area (Å²) in [4.78, 5) is 8.36. The Bertz CT molecular complexity index is 552. The maximum Gasteiger partial charge on any atom is 0.126 e. The van der Waals surface area contributed by atoms with Gasteiger partial charge in [-0.05, 0) is 44.2 Å². The van der Waals surface area contributed by atoms with Crippen LogP contribution in [0, 0.1) is 18.6 Å². The van der Waals surface area contributed by atoms with Gasteiger partial charge in [0.1, 0.15) is 17.5 Å². The predicted octanol–water partition coefficient (Wildman–Crippen LogP) is 2.57. The number of rotatable bonds is 4. The minimum atomic E-state index is -0.566. The van der Waals surface area contributed by atoms with Crippen molar-refractivity contribution in [2.24, 2.45) is 0 Å². The van der Waals surface area contributed by atoms with Crippen molar-refractivity contribution < 1.29 is 8.78 Å². The Balaban J connectivity index is 2.23. The van der Waals surface area contributed by atoms with Crippen molar-refractivity contribution in [2.75, 3.05) is 7.05 Å². The first-order chi connectivity index (χ1) is 9.08. The number of nitrogens with zero attached hydrogens (tertiary/aromatic N) is 2. The molecule has 0 saturated carbocycles. The molecule has 2 aromatic rings. The highest BCUT2D eigenvalue weighted by Crippen LogP contribution is 2.18. The average molecular weight is 263 g/mol. The molecule has 0 bridgehead atoms. The molecular formula is C14H15F2N3. The zero-order valence-electron chi connectivity index (χ0n) is 10.8. The van der Waals surface area contributed by atoms with Crippen molar-refractivity contribution in [2.45, 2.75) is 19.4 Å². The minimum Gasteiger partial charge on any atom is -0.311 e. The van der Waals surface area contributed by atoms with Gasteiger partial charge in [-0.15, -0.1) is 0 Å². The number of hydrogen-bond donors (Lipinski definition) is 1. The standard InChI is InChI=1S/C14H15F2N3/c1-9-18-4-3-13(19-9)14(17-2)7-10-5-11(15)8-12(16)6-10/h3-6,8,14,17H,7H2,1-2H3. The molecule has 0 aliphatic heterocycles. The van der Waals surface area contributed by atoms with E-state index in [0.717, 1.165) is 11.8 Å². The third kappa shape index (κ3) is 3.54. The van der Waals surface area contributed by atoms with E-state index in [-0.39, 0.29) is 6.04 Å². The Kier molecular flexibility index (Phi) is 4.16. The number of halogens is 2. The third-order valence-electron chi connectivity index (χ3n) is 2.87. The number of likely N-dealkylation sites (N-methyl/N-ethyl adjacent to an activating group) is 1. The summed E-state index contributed by atoms with van der Waals surface area (Å²) in [6, 6.07) is 5.22. The van der Waals surface area contributed by atoms with E-state index in [1.54, 1.807) is 26.2 Å². The number of hydrogen-bond acceptors (Lipinski definition) is 3. The molecule has 1 heterocycles. The van der Waals surface area contributed by atoms with Gasteiger partial charge in [0.25, 0.3) is 0 Å². The topological polar surface area (TPSA) is 37.8 Å². The summed E-state index contributed by atoms with van der Waals surface area (Å²) >= 11 is 0. The maximum atomic E-state index is 13.2. The Morgan fingerprint density at radius 1 is 1.21 bits per heavy atom. The highest BCUT2D eigenvalue weighted by Gasteiger charge is 2.13. The van der Waals surface area contributed by atoms with Crippen LogP contribution in [-0.2, 0) is 6.42 Å². The Morgan fingerprint density at radius 3 is 2.47 bits per heavy atom. The molecule has 1 aromatic heterocycles. The van der Waals surface area contributed by atoms with Crippen LogP contribution in [0.15, 0.2) is 30.5 Å². The van der Waals surface area contributed by atoms with Crippen LogP contribution < -0.4 is 5.32 Å². The van der Waals surface area contributed by atoms with E-state index < -0.39 is 11.6 Å². The molecule has 1 aromatic carbocycles. The first-order valence-corrected chi connectivity index (χ1v) is 6.00. The first-order valence-electron chi connectivity index (χ1n) is 6.00. The molecule has 2 rings (SSSR count). The molecule has 1 unspecified atom stereocenters. The van der Waals surface area contributed by atoms with Gasteiger partial charge in [0.05, 0.1) is 11.7 Å². The fraction of sp³-hybridized carbons (Fsp3) is 0.286. The zero-order valence-corrected chi connectivity index (χ0v) is 10.8. The zero-order chi connectivity index (χ0) is 13.8. The maximum absolute atomic E-state index is 13.2. The van der Waals surface area contributed by atoms with E-state index in [1.807, 2.05) is 0 Å². The lowest BCUT2D eigenvalue weighted by Gasteiger charge is -2.16. The highest BCUT2D eigenvalue weighted by atomic mass is 19.1. The quantitative estimate of drug-likeness (QED) is 0.921. The van der Waals surface area contributed by atoms with E-state index >= 15 is 0 Å². The molecule has 19 heavy (non-hydrogen) atoms. The molecule has 0 spiro atoms. The van der Waals surface area contributed by atoms with Crippen molar-refractivity contribution >= 4 is 0 Å². The molecule has 0 radical (unpaired) electrons. The van der Waals surface area contributed by atoms with E-state index in [1.165, 1.54) is 12.1 Å². The summed E-state index contributed by atoms with van der Waals surface area (Å²) < 4.78 is 26.3. The van der Waals surface area contributed by atoms with Crippen LogP contribution in [0.5, 0.6) is 0 Å². The summed E-state index contributed by atoms with van der Waals surface area (Å²) in [6.07, 6.45) is 2.13. The van der Waals surface area contributed by atoms with Crippen LogP contribution in [0.25, 0.3) is 0 Å². The predicted molar refractivity (Wildman–Crippen MR) is 68.6 cm³/mol. The number of nitrogens with one attached hydrogen (secondary N) is 1. The van der Waals surface area contributed by atoms with Crippen LogP contribution in [0.3, 0.4) is 0 Å². The van der Waals surface area contributed by atoms with Crippen molar-refractivity contribution in [1.82, 2.24) is 15.3 Å². The first kappa shape index (κ1) is 13.5. The van der Waals surface area contributed by atoms with E-state index in [4.69, 9.17) is 0 Å². The second-order valence-corrected chi connectivity index (χ2v) is 4.35. The molecule has 0 fully saturated rings. The second kappa shape index (κ2) is 5.84. The van der Waals surface area contributed by atoms with Crippen LogP contribution in [0.2, 0.25) is 0 Å². The van der Waals surface area contributed by atoms with Gasteiger partial charge >= 0.3 is 0 Å². The third-order valence-corrected chi connectivity index (χ3v) is 2.87. The monoisotopic (exact) mass is 263 g/mol. The summed E-state index contributed by atoms with van der Waals surface area (Å²) in [5.41, 5.74) is 1.40. The molecular weight excluding hydrogens is 248 g/mol. The van der Waals surface area contributed by atoms with E-state index in [9.17, 15) is 8.78 Å². The van der Waals surface area contributed by atoms with Crippen molar-refractivity contribution in [3.63, 3.8) is 0 Å². The normalized spacial score (nSPS) is 12.4. The lowest BCUT2D eigenvalue weighted by atomic mass is 10.0. The Morgan fingerprint density at radius 2 is 1.89 bits per heavy atom. The van der Waals surface area contributed by atoms with Gasteiger partial charge in [-0.1, -0.05) is 0 Å². The Labute approximate surface area is 110 Å². The fourth-order valence-electron chi connectivity index (χ4n) is 1.99. The number of aromatic nitrogens is 2. The van der Waals surface area contributed by atoms with Crippen LogP contribution >= 0.6 is 0 Å². The van der Waals surface area contributed by atoms with Gasteiger partial charge < -0.3 is 5.32 Å². The van der Waals surface area contributed by atoms with Crippen LogP contribution in [0.4, 0.5) is 8.78 Å².